The summed E-state index contributed by atoms with van der Waals surface area (Å²) >= 11 is 3.41. The number of halogens is 2. The first-order chi connectivity index (χ1) is 18.0. The van der Waals surface area contributed by atoms with E-state index in [1.807, 2.05) is 66.7 Å². The quantitative estimate of drug-likeness (QED) is 0.299. The first-order valence-corrected chi connectivity index (χ1v) is 13.2. The van der Waals surface area contributed by atoms with Gasteiger partial charge >= 0.3 is 6.09 Å². The van der Waals surface area contributed by atoms with E-state index in [4.69, 9.17) is 9.72 Å². The van der Waals surface area contributed by atoms with E-state index in [-0.39, 0.29) is 24.3 Å². The van der Waals surface area contributed by atoms with Crippen LogP contribution in [0.2, 0.25) is 0 Å². The van der Waals surface area contributed by atoms with Crippen molar-refractivity contribution >= 4 is 38.9 Å². The van der Waals surface area contributed by atoms with Gasteiger partial charge in [-0.15, -0.1) is 0 Å². The van der Waals surface area contributed by atoms with E-state index < -0.39 is 11.5 Å². The van der Waals surface area contributed by atoms with Crippen molar-refractivity contribution in [3.05, 3.63) is 100 Å². The predicted octanol–water partition coefficient (Wildman–Crippen LogP) is 5.85. The number of hydrogen-bond donors (Lipinski definition) is 1. The molecule has 1 aliphatic heterocycles. The van der Waals surface area contributed by atoms with Crippen LogP contribution in [0.15, 0.2) is 83.5 Å². The molecule has 2 aromatic heterocycles. The summed E-state index contributed by atoms with van der Waals surface area (Å²) in [6.07, 6.45) is 0.396. The predicted molar refractivity (Wildman–Crippen MR) is 144 cm³/mol. The number of ether oxygens (including phenoxy) is 1. The molecule has 4 aromatic rings. The highest BCUT2D eigenvalue weighted by Gasteiger charge is 2.67. The molecular formula is C29H26BrFN4O2. The average molecular weight is 561 g/mol. The van der Waals surface area contributed by atoms with Crippen molar-refractivity contribution in [2.45, 2.75) is 18.4 Å². The third-order valence-corrected chi connectivity index (χ3v) is 8.20. The molecule has 3 heterocycles. The molecule has 1 saturated heterocycles. The smallest absolute Gasteiger partial charge is 0.407 e. The molecule has 0 bridgehead atoms. The first-order valence-electron chi connectivity index (χ1n) is 12.4. The van der Waals surface area contributed by atoms with E-state index in [0.29, 0.717) is 12.1 Å². The van der Waals surface area contributed by atoms with Crippen molar-refractivity contribution in [1.82, 2.24) is 15.3 Å². The molecule has 1 amide bonds. The minimum Gasteiger partial charge on any atom is -0.445 e. The molecule has 8 heteroatoms. The first kappa shape index (κ1) is 23.9. The highest BCUT2D eigenvalue weighted by molar-refractivity contribution is 9.10. The molecule has 2 fully saturated rings. The Labute approximate surface area is 223 Å². The van der Waals surface area contributed by atoms with Gasteiger partial charge in [-0.2, -0.15) is 0 Å². The van der Waals surface area contributed by atoms with Crippen LogP contribution in [-0.4, -0.2) is 35.7 Å². The van der Waals surface area contributed by atoms with Crippen LogP contribution < -0.4 is 10.2 Å². The summed E-state index contributed by atoms with van der Waals surface area (Å²) < 4.78 is 21.3. The summed E-state index contributed by atoms with van der Waals surface area (Å²) in [5.74, 6) is 1.12. The standard InChI is InChI=1S/C29H26BrFN4O2/c30-26-12-10-25-24(33-26)11-13-27(34-25)35-15-14-20-22(16-35)29(20,21-8-4-5-9-23(21)31)18-32-28(36)37-17-19-6-2-1-3-7-19/h1-13,20,22H,14-18H2,(H,32,36)/t20-,22+,29-/m0/s1. The highest BCUT2D eigenvalue weighted by atomic mass is 79.9. The molecule has 37 heavy (non-hydrogen) atoms. The number of amides is 1. The Morgan fingerprint density at radius 1 is 1.00 bits per heavy atom. The monoisotopic (exact) mass is 560 g/mol. The van der Waals surface area contributed by atoms with Crippen LogP contribution in [0.3, 0.4) is 0 Å². The number of benzene rings is 2. The number of pyridine rings is 2. The molecule has 0 unspecified atom stereocenters. The van der Waals surface area contributed by atoms with Crippen LogP contribution in [0.5, 0.6) is 0 Å². The summed E-state index contributed by atoms with van der Waals surface area (Å²) in [6, 6.07) is 24.3. The van der Waals surface area contributed by atoms with Crippen LogP contribution >= 0.6 is 15.9 Å². The second-order valence-electron chi connectivity index (χ2n) is 9.72. The molecule has 1 aliphatic carbocycles. The van der Waals surface area contributed by atoms with Crippen molar-refractivity contribution in [2.24, 2.45) is 11.8 Å². The van der Waals surface area contributed by atoms with Crippen LogP contribution in [-0.2, 0) is 16.8 Å². The Morgan fingerprint density at radius 2 is 1.76 bits per heavy atom. The molecule has 3 atom stereocenters. The minimum atomic E-state index is -0.491. The van der Waals surface area contributed by atoms with Gasteiger partial charge in [-0.3, -0.25) is 0 Å². The SMILES string of the molecule is O=C(NC[C@]1(c2ccccc2F)[C@@H]2CN(c3ccc4nc(Br)ccc4n3)CC[C@@H]21)OCc1ccccc1. The number of anilines is 1. The molecule has 188 valence electrons. The number of nitrogens with one attached hydrogen (secondary N) is 1. The molecule has 6 rings (SSSR count). The van der Waals surface area contributed by atoms with Gasteiger partial charge in [0.1, 0.15) is 22.8 Å². The van der Waals surface area contributed by atoms with Crippen molar-refractivity contribution in [1.29, 1.82) is 0 Å². The lowest BCUT2D eigenvalue weighted by Gasteiger charge is -2.27. The maximum absolute atomic E-state index is 15.1. The van der Waals surface area contributed by atoms with Gasteiger partial charge < -0.3 is 15.0 Å². The molecule has 2 aliphatic rings. The number of alkyl carbamates (subject to hydrolysis) is 1. The van der Waals surface area contributed by atoms with Gasteiger partial charge in [-0.05, 0) is 75.6 Å². The maximum atomic E-state index is 15.1. The molecule has 2 aromatic carbocycles. The van der Waals surface area contributed by atoms with Gasteiger partial charge in [-0.25, -0.2) is 19.2 Å². The average Bonchev–Trinajstić information content (AvgIpc) is 3.58. The van der Waals surface area contributed by atoms with E-state index in [1.54, 1.807) is 6.07 Å². The van der Waals surface area contributed by atoms with Crippen LogP contribution in [0.4, 0.5) is 15.0 Å². The fourth-order valence-electron chi connectivity index (χ4n) is 5.92. The summed E-state index contributed by atoms with van der Waals surface area (Å²) in [6.45, 7) is 2.08. The molecule has 1 saturated carbocycles. The Bertz CT molecular complexity index is 1450. The van der Waals surface area contributed by atoms with Gasteiger partial charge in [0.15, 0.2) is 0 Å². The molecule has 6 nitrogen and oxygen atoms in total. The van der Waals surface area contributed by atoms with Crippen molar-refractivity contribution in [3.63, 3.8) is 0 Å². The zero-order valence-electron chi connectivity index (χ0n) is 20.1. The Hall–Kier alpha value is -3.52. The lowest BCUT2D eigenvalue weighted by molar-refractivity contribution is 0.138. The Kier molecular flexibility index (Phi) is 6.28. The maximum Gasteiger partial charge on any atom is 0.407 e. The third-order valence-electron chi connectivity index (χ3n) is 7.76. The van der Waals surface area contributed by atoms with E-state index in [0.717, 1.165) is 46.5 Å². The number of carbonyl (C=O) groups is 1. The van der Waals surface area contributed by atoms with Gasteiger partial charge in [-0.1, -0.05) is 48.5 Å². The second-order valence-corrected chi connectivity index (χ2v) is 10.5. The highest BCUT2D eigenvalue weighted by Crippen LogP contribution is 2.63. The van der Waals surface area contributed by atoms with Crippen molar-refractivity contribution in [3.8, 4) is 0 Å². The summed E-state index contributed by atoms with van der Waals surface area (Å²) in [7, 11) is 0. The van der Waals surface area contributed by atoms with Crippen LogP contribution in [0.1, 0.15) is 17.5 Å². The lowest BCUT2D eigenvalue weighted by Crippen LogP contribution is -2.36. The minimum absolute atomic E-state index is 0.188. The topological polar surface area (TPSA) is 67.4 Å². The molecular weight excluding hydrogens is 535 g/mol. The van der Waals surface area contributed by atoms with Crippen molar-refractivity contribution < 1.29 is 13.9 Å². The second kappa shape index (κ2) is 9.74. The molecule has 0 spiro atoms. The summed E-state index contributed by atoms with van der Waals surface area (Å²) in [5.41, 5.74) is 2.77. The van der Waals surface area contributed by atoms with Gasteiger partial charge in [0.05, 0.1) is 11.0 Å². The number of fused-ring (bicyclic) bond motifs is 2. The van der Waals surface area contributed by atoms with Gasteiger partial charge in [0.25, 0.3) is 0 Å². The Morgan fingerprint density at radius 3 is 2.59 bits per heavy atom. The van der Waals surface area contributed by atoms with E-state index >= 15 is 4.39 Å². The van der Waals surface area contributed by atoms with E-state index in [1.165, 1.54) is 6.07 Å². The van der Waals surface area contributed by atoms with E-state index in [2.05, 4.69) is 31.1 Å². The largest absolute Gasteiger partial charge is 0.445 e. The lowest BCUT2D eigenvalue weighted by atomic mass is 9.90. The number of piperidine rings is 1. The number of aromatic nitrogens is 2. The fourth-order valence-corrected chi connectivity index (χ4v) is 6.25. The summed E-state index contributed by atoms with van der Waals surface area (Å²) in [4.78, 5) is 24.2. The molecule has 0 radical (unpaired) electrons. The van der Waals surface area contributed by atoms with Crippen LogP contribution in [0, 0.1) is 17.7 Å². The number of rotatable bonds is 6. The molecule has 1 N–H and O–H groups in total. The third kappa shape index (κ3) is 4.55. The number of carbonyl (C=O) groups excluding carboxylic acids is 1. The zero-order valence-corrected chi connectivity index (χ0v) is 21.7. The fraction of sp³-hybridized carbons (Fsp3) is 0.276. The van der Waals surface area contributed by atoms with Crippen LogP contribution in [0.25, 0.3) is 11.0 Å². The zero-order chi connectivity index (χ0) is 25.4. The number of nitrogens with zero attached hydrogens (tertiary/aromatic N) is 3. The number of hydrogen-bond acceptors (Lipinski definition) is 5. The summed E-state index contributed by atoms with van der Waals surface area (Å²) in [5, 5.41) is 2.95. The van der Waals surface area contributed by atoms with Gasteiger partial charge in [0, 0.05) is 25.0 Å². The normalized spacial score (nSPS) is 22.4. The van der Waals surface area contributed by atoms with Gasteiger partial charge in [0.2, 0.25) is 0 Å². The van der Waals surface area contributed by atoms with Crippen molar-refractivity contribution in [2.75, 3.05) is 24.5 Å². The van der Waals surface area contributed by atoms with E-state index in [9.17, 15) is 4.79 Å². The Balaban J connectivity index is 1.20.